The number of amides is 1. The fourth-order valence-corrected chi connectivity index (χ4v) is 2.87. The van der Waals surface area contributed by atoms with E-state index in [2.05, 4.69) is 45.2 Å². The zero-order valence-corrected chi connectivity index (χ0v) is 13.0. The minimum Gasteiger partial charge on any atom is -0.333 e. The molecule has 104 valence electrons. The van der Waals surface area contributed by atoms with Gasteiger partial charge in [0, 0.05) is 24.6 Å². The third kappa shape index (κ3) is 2.35. The zero-order chi connectivity index (χ0) is 14.3. The lowest BCUT2D eigenvalue weighted by molar-refractivity contribution is 0.0728. The molecule has 1 aromatic carbocycles. The summed E-state index contributed by atoms with van der Waals surface area (Å²) in [6.07, 6.45) is 2.40. The van der Waals surface area contributed by atoms with Crippen LogP contribution in [-0.4, -0.2) is 32.3 Å². The van der Waals surface area contributed by atoms with E-state index in [0.717, 1.165) is 17.4 Å². The molecule has 0 spiro atoms. The monoisotopic (exact) mass is 334 g/mol. The molecule has 1 aliphatic rings. The Kier molecular flexibility index (Phi) is 3.33. The van der Waals surface area contributed by atoms with Gasteiger partial charge in [-0.05, 0) is 36.1 Å². The Morgan fingerprint density at radius 2 is 2.15 bits per heavy atom. The lowest BCUT2D eigenvalue weighted by Gasteiger charge is -2.28. The van der Waals surface area contributed by atoms with Crippen LogP contribution in [0.15, 0.2) is 22.8 Å². The van der Waals surface area contributed by atoms with Crippen molar-refractivity contribution in [1.82, 2.24) is 19.9 Å². The van der Waals surface area contributed by atoms with E-state index in [9.17, 15) is 4.79 Å². The van der Waals surface area contributed by atoms with E-state index in [1.807, 2.05) is 4.90 Å². The summed E-state index contributed by atoms with van der Waals surface area (Å²) in [4.78, 5) is 15.6. The van der Waals surface area contributed by atoms with Crippen LogP contribution in [0.1, 0.15) is 27.2 Å². The maximum atomic E-state index is 12.4. The van der Waals surface area contributed by atoms with Crippen LogP contribution < -0.4 is 0 Å². The van der Waals surface area contributed by atoms with Crippen molar-refractivity contribution in [2.75, 3.05) is 6.54 Å². The third-order valence-corrected chi connectivity index (χ3v) is 4.45. The van der Waals surface area contributed by atoms with E-state index < -0.39 is 0 Å². The molecule has 0 N–H and O–H groups in total. The summed E-state index contributed by atoms with van der Waals surface area (Å²) in [5, 5.41) is 8.03. The summed E-state index contributed by atoms with van der Waals surface area (Å²) in [5.74, 6) is -0.0551. The van der Waals surface area contributed by atoms with Crippen molar-refractivity contribution in [3.8, 4) is 0 Å². The predicted molar refractivity (Wildman–Crippen MR) is 78.3 cm³/mol. The predicted octanol–water partition coefficient (Wildman–Crippen LogP) is 2.08. The number of hydrogen-bond acceptors (Lipinski definition) is 3. The molecule has 0 aliphatic carbocycles. The third-order valence-electron chi connectivity index (χ3n) is 3.60. The Balaban J connectivity index is 1.85. The second-order valence-corrected chi connectivity index (χ2v) is 5.92. The second-order valence-electron chi connectivity index (χ2n) is 5.07. The quantitative estimate of drug-likeness (QED) is 0.802. The number of fused-ring (bicyclic) bond motifs is 1. The maximum Gasteiger partial charge on any atom is 0.276 e. The van der Waals surface area contributed by atoms with Gasteiger partial charge >= 0.3 is 0 Å². The summed E-state index contributed by atoms with van der Waals surface area (Å²) >= 11 is 3.55. The van der Waals surface area contributed by atoms with Crippen molar-refractivity contribution in [3.63, 3.8) is 0 Å². The van der Waals surface area contributed by atoms with Crippen molar-refractivity contribution >= 4 is 21.8 Å². The summed E-state index contributed by atoms with van der Waals surface area (Å²) in [7, 11) is 1.71. The van der Waals surface area contributed by atoms with E-state index in [4.69, 9.17) is 0 Å². The lowest BCUT2D eigenvalue weighted by atomic mass is 9.97. The molecule has 0 fully saturated rings. The highest BCUT2D eigenvalue weighted by atomic mass is 79.9. The molecule has 1 amide bonds. The number of carbonyl (C=O) groups is 1. The van der Waals surface area contributed by atoms with Crippen molar-refractivity contribution in [1.29, 1.82) is 0 Å². The number of benzene rings is 1. The summed E-state index contributed by atoms with van der Waals surface area (Å²) in [6, 6.07) is 4.31. The molecule has 0 atom stereocenters. The van der Waals surface area contributed by atoms with Crippen molar-refractivity contribution < 1.29 is 4.79 Å². The first-order valence-corrected chi connectivity index (χ1v) is 7.27. The molecule has 1 aromatic heterocycles. The van der Waals surface area contributed by atoms with Crippen LogP contribution in [0.2, 0.25) is 0 Å². The number of carbonyl (C=O) groups excluding carboxylic acids is 1. The molecule has 1 aliphatic heterocycles. The Morgan fingerprint density at radius 3 is 2.85 bits per heavy atom. The highest BCUT2D eigenvalue weighted by molar-refractivity contribution is 9.10. The van der Waals surface area contributed by atoms with Crippen molar-refractivity contribution in [3.05, 3.63) is 45.2 Å². The molecule has 0 radical (unpaired) electrons. The highest BCUT2D eigenvalue weighted by Crippen LogP contribution is 2.26. The molecule has 2 heterocycles. The first kappa shape index (κ1) is 13.3. The van der Waals surface area contributed by atoms with Crippen LogP contribution in [0.5, 0.6) is 0 Å². The van der Waals surface area contributed by atoms with Crippen LogP contribution in [0, 0.1) is 6.92 Å². The molecule has 0 saturated carbocycles. The van der Waals surface area contributed by atoms with Gasteiger partial charge in [0.2, 0.25) is 0 Å². The van der Waals surface area contributed by atoms with Gasteiger partial charge in [0.05, 0.1) is 6.20 Å². The largest absolute Gasteiger partial charge is 0.333 e. The van der Waals surface area contributed by atoms with Crippen LogP contribution in [0.25, 0.3) is 0 Å². The van der Waals surface area contributed by atoms with E-state index in [1.54, 1.807) is 7.05 Å². The molecule has 5 nitrogen and oxygen atoms in total. The average molecular weight is 335 g/mol. The van der Waals surface area contributed by atoms with Crippen molar-refractivity contribution in [2.24, 2.45) is 7.05 Å². The van der Waals surface area contributed by atoms with Gasteiger partial charge in [-0.3, -0.25) is 4.79 Å². The van der Waals surface area contributed by atoms with Gasteiger partial charge in [0.25, 0.3) is 5.91 Å². The Labute approximate surface area is 125 Å². The molecular formula is C14H15BrN4O. The standard InChI is InChI=1S/C14H15BrN4O/c1-9-5-10-3-4-19(8-11(10)6-12(9)15)14(20)13-7-16-18(2)17-13/h5-7H,3-4,8H2,1-2H3. The van der Waals surface area contributed by atoms with Crippen LogP contribution in [-0.2, 0) is 20.0 Å². The molecule has 0 bridgehead atoms. The van der Waals surface area contributed by atoms with Crippen LogP contribution >= 0.6 is 15.9 Å². The summed E-state index contributed by atoms with van der Waals surface area (Å²) in [6.45, 7) is 3.44. The lowest BCUT2D eigenvalue weighted by Crippen LogP contribution is -2.36. The molecule has 0 saturated heterocycles. The Hall–Kier alpha value is -1.69. The van der Waals surface area contributed by atoms with E-state index >= 15 is 0 Å². The van der Waals surface area contributed by atoms with Gasteiger partial charge in [-0.15, -0.1) is 5.10 Å². The minimum atomic E-state index is -0.0551. The molecular weight excluding hydrogens is 320 g/mol. The molecule has 6 heteroatoms. The second kappa shape index (κ2) is 5.01. The Morgan fingerprint density at radius 1 is 1.35 bits per heavy atom. The Bertz CT molecular complexity index is 680. The molecule has 3 rings (SSSR count). The number of aryl methyl sites for hydroxylation is 2. The van der Waals surface area contributed by atoms with Gasteiger partial charge in [-0.25, -0.2) is 0 Å². The van der Waals surface area contributed by atoms with E-state index in [1.165, 1.54) is 27.7 Å². The first-order chi connectivity index (χ1) is 9.54. The SMILES string of the molecule is Cc1cc2c(cc1Br)CN(C(=O)c1cnn(C)n1)CC2. The first-order valence-electron chi connectivity index (χ1n) is 6.48. The normalized spacial score (nSPS) is 14.2. The van der Waals surface area contributed by atoms with Gasteiger partial charge in [-0.1, -0.05) is 22.0 Å². The fraction of sp³-hybridized carbons (Fsp3) is 0.357. The smallest absolute Gasteiger partial charge is 0.276 e. The van der Waals surface area contributed by atoms with Gasteiger partial charge in [0.15, 0.2) is 5.69 Å². The number of aromatic nitrogens is 3. The molecule has 2 aromatic rings. The van der Waals surface area contributed by atoms with Gasteiger partial charge < -0.3 is 4.90 Å². The topological polar surface area (TPSA) is 51.0 Å². The maximum absolute atomic E-state index is 12.4. The minimum absolute atomic E-state index is 0.0551. The summed E-state index contributed by atoms with van der Waals surface area (Å²) < 4.78 is 1.09. The van der Waals surface area contributed by atoms with Gasteiger partial charge in [0.1, 0.15) is 0 Å². The number of rotatable bonds is 1. The van der Waals surface area contributed by atoms with E-state index in [-0.39, 0.29) is 5.91 Å². The van der Waals surface area contributed by atoms with Gasteiger partial charge in [-0.2, -0.15) is 9.90 Å². The van der Waals surface area contributed by atoms with Crippen molar-refractivity contribution in [2.45, 2.75) is 19.9 Å². The summed E-state index contributed by atoms with van der Waals surface area (Å²) in [5.41, 5.74) is 4.17. The van der Waals surface area contributed by atoms with Crippen LogP contribution in [0.4, 0.5) is 0 Å². The van der Waals surface area contributed by atoms with Crippen LogP contribution in [0.3, 0.4) is 0 Å². The van der Waals surface area contributed by atoms with E-state index in [0.29, 0.717) is 12.2 Å². The highest BCUT2D eigenvalue weighted by Gasteiger charge is 2.24. The molecule has 20 heavy (non-hydrogen) atoms. The number of halogens is 1. The zero-order valence-electron chi connectivity index (χ0n) is 11.4. The fourth-order valence-electron chi connectivity index (χ4n) is 2.48. The average Bonchev–Trinajstić information content (AvgIpc) is 2.85. The number of nitrogens with zero attached hydrogens (tertiary/aromatic N) is 4. The molecule has 0 unspecified atom stereocenters. The number of hydrogen-bond donors (Lipinski definition) is 0.